The van der Waals surface area contributed by atoms with E-state index in [4.69, 9.17) is 11.6 Å². The van der Waals surface area contributed by atoms with Gasteiger partial charge >= 0.3 is 6.18 Å². The van der Waals surface area contributed by atoms with Gasteiger partial charge in [-0.1, -0.05) is 17.7 Å². The number of rotatable bonds is 2. The number of alkyl halides is 3. The number of phenolic OH excluding ortho intramolecular Hbond substituents is 1. The Labute approximate surface area is 185 Å². The van der Waals surface area contributed by atoms with Crippen LogP contribution in [0, 0.1) is 12.7 Å². The van der Waals surface area contributed by atoms with E-state index < -0.39 is 30.1 Å². The Kier molecular flexibility index (Phi) is 5.29. The molecule has 3 aromatic rings. The number of hydrogen-bond acceptors (Lipinski definition) is 5. The highest BCUT2D eigenvalue weighted by atomic mass is 35.5. The first-order chi connectivity index (χ1) is 15.0. The number of nitrogens with zero attached hydrogens (tertiary/aromatic N) is 2. The maximum absolute atomic E-state index is 14.3. The van der Waals surface area contributed by atoms with E-state index in [9.17, 15) is 27.8 Å². The normalized spacial score (nSPS) is 22.2. The second-order valence-electron chi connectivity index (χ2n) is 7.66. The highest BCUT2D eigenvalue weighted by Crippen LogP contribution is 2.53. The van der Waals surface area contributed by atoms with Crippen LogP contribution in [0.2, 0.25) is 5.02 Å². The molecule has 0 fully saturated rings. The van der Waals surface area contributed by atoms with E-state index in [2.05, 4.69) is 15.3 Å². The summed E-state index contributed by atoms with van der Waals surface area (Å²) < 4.78 is 56.9. The van der Waals surface area contributed by atoms with Gasteiger partial charge in [-0.15, -0.1) is 0 Å². The van der Waals surface area contributed by atoms with Gasteiger partial charge in [0.05, 0.1) is 11.1 Å². The molecule has 0 bridgehead atoms. The van der Waals surface area contributed by atoms with E-state index in [0.717, 1.165) is 6.07 Å². The number of aromatic nitrogens is 2. The number of aliphatic hydroxyl groups is 1. The first-order valence-electron chi connectivity index (χ1n) is 9.61. The molecule has 1 aromatic heterocycles. The number of nitrogens with one attached hydrogen (secondary N) is 1. The largest absolute Gasteiger partial charge is 0.506 e. The molecule has 0 saturated carbocycles. The van der Waals surface area contributed by atoms with Gasteiger partial charge < -0.3 is 15.5 Å². The number of benzene rings is 2. The minimum absolute atomic E-state index is 0.0393. The SMILES string of the molecule is C/C=C1/CC(O)(C(F)(F)F)C(Nc2ccc(F)c3nc(C)ncc23)c2cc(Cl)c(O)cc21. The summed E-state index contributed by atoms with van der Waals surface area (Å²) in [5, 5.41) is 23.7. The number of halogens is 5. The summed E-state index contributed by atoms with van der Waals surface area (Å²) in [5.74, 6) is -0.657. The van der Waals surface area contributed by atoms with Gasteiger partial charge in [-0.2, -0.15) is 13.2 Å². The predicted octanol–water partition coefficient (Wildman–Crippen LogP) is 5.69. The van der Waals surface area contributed by atoms with E-state index >= 15 is 0 Å². The molecule has 3 N–H and O–H groups in total. The van der Waals surface area contributed by atoms with E-state index in [-0.39, 0.29) is 38.5 Å². The van der Waals surface area contributed by atoms with Crippen molar-refractivity contribution in [2.24, 2.45) is 0 Å². The van der Waals surface area contributed by atoms with Crippen molar-refractivity contribution in [3.8, 4) is 5.75 Å². The molecule has 32 heavy (non-hydrogen) atoms. The van der Waals surface area contributed by atoms with Crippen LogP contribution in [0.15, 0.2) is 36.5 Å². The number of anilines is 1. The van der Waals surface area contributed by atoms with Crippen LogP contribution in [0.4, 0.5) is 23.2 Å². The lowest BCUT2D eigenvalue weighted by Gasteiger charge is -2.44. The van der Waals surface area contributed by atoms with Gasteiger partial charge in [0.25, 0.3) is 0 Å². The summed E-state index contributed by atoms with van der Waals surface area (Å²) in [6.07, 6.45) is -3.03. The van der Waals surface area contributed by atoms with Gasteiger partial charge in [-0.25, -0.2) is 14.4 Å². The van der Waals surface area contributed by atoms with Crippen LogP contribution >= 0.6 is 11.6 Å². The lowest BCUT2D eigenvalue weighted by molar-refractivity contribution is -0.265. The molecule has 1 aliphatic carbocycles. The van der Waals surface area contributed by atoms with Crippen molar-refractivity contribution in [1.29, 1.82) is 0 Å². The van der Waals surface area contributed by atoms with E-state index in [1.54, 1.807) is 13.8 Å². The Balaban J connectivity index is 1.96. The lowest BCUT2D eigenvalue weighted by atomic mass is 9.73. The molecule has 5 nitrogen and oxygen atoms in total. The van der Waals surface area contributed by atoms with Gasteiger partial charge in [0, 0.05) is 23.7 Å². The van der Waals surface area contributed by atoms with E-state index in [0.29, 0.717) is 11.4 Å². The average Bonchev–Trinajstić information content (AvgIpc) is 2.72. The Hall–Kier alpha value is -2.91. The average molecular weight is 468 g/mol. The third-order valence-electron chi connectivity index (χ3n) is 5.67. The summed E-state index contributed by atoms with van der Waals surface area (Å²) in [6, 6.07) is 3.09. The molecule has 10 heteroatoms. The van der Waals surface area contributed by atoms with Crippen LogP contribution in [0.3, 0.4) is 0 Å². The van der Waals surface area contributed by atoms with Crippen LogP contribution in [0.25, 0.3) is 16.5 Å². The minimum Gasteiger partial charge on any atom is -0.506 e. The fourth-order valence-corrected chi connectivity index (χ4v) is 4.19. The second-order valence-corrected chi connectivity index (χ2v) is 8.06. The molecule has 0 amide bonds. The lowest BCUT2D eigenvalue weighted by Crippen LogP contribution is -2.54. The molecular formula is C22H18ClF4N3O2. The van der Waals surface area contributed by atoms with Crippen molar-refractivity contribution in [3.63, 3.8) is 0 Å². The van der Waals surface area contributed by atoms with Crippen molar-refractivity contribution in [3.05, 3.63) is 64.3 Å². The van der Waals surface area contributed by atoms with Crippen LogP contribution < -0.4 is 5.32 Å². The Morgan fingerprint density at radius 1 is 1.28 bits per heavy atom. The molecule has 1 heterocycles. The van der Waals surface area contributed by atoms with Gasteiger partial charge in [0.1, 0.15) is 22.9 Å². The van der Waals surface area contributed by atoms with Crippen molar-refractivity contribution in [2.75, 3.05) is 5.32 Å². The molecule has 168 valence electrons. The maximum Gasteiger partial charge on any atom is 0.419 e. The van der Waals surface area contributed by atoms with Gasteiger partial charge in [0.2, 0.25) is 0 Å². The maximum atomic E-state index is 14.3. The molecular weight excluding hydrogens is 450 g/mol. The zero-order chi connectivity index (χ0) is 23.4. The van der Waals surface area contributed by atoms with Crippen LogP contribution in [0.1, 0.15) is 36.3 Å². The molecule has 0 aliphatic heterocycles. The van der Waals surface area contributed by atoms with Gasteiger partial charge in [0.15, 0.2) is 5.60 Å². The van der Waals surface area contributed by atoms with Gasteiger partial charge in [-0.05, 0) is 54.8 Å². The molecule has 0 saturated heterocycles. The zero-order valence-corrected chi connectivity index (χ0v) is 17.7. The molecule has 2 atom stereocenters. The number of phenols is 1. The molecule has 1 aliphatic rings. The molecule has 2 unspecified atom stereocenters. The molecule has 4 rings (SSSR count). The van der Waals surface area contributed by atoms with Crippen molar-refractivity contribution in [2.45, 2.75) is 38.1 Å². The molecule has 0 spiro atoms. The number of aryl methyl sites for hydroxylation is 1. The number of hydrogen-bond donors (Lipinski definition) is 3. The Morgan fingerprint density at radius 3 is 2.66 bits per heavy atom. The van der Waals surface area contributed by atoms with Crippen molar-refractivity contribution < 1.29 is 27.8 Å². The smallest absolute Gasteiger partial charge is 0.419 e. The standard InChI is InChI=1S/C22H18ClF4N3O2/c1-3-11-8-21(32,22(25,26)27)20(13-6-15(23)18(31)7-12(11)13)30-17-5-4-16(24)19-14(17)9-28-10(2)29-19/h3-7,9,20,30-32H,8H2,1-2H3/b11-3-. The highest BCUT2D eigenvalue weighted by Gasteiger charge is 2.61. The summed E-state index contributed by atoms with van der Waals surface area (Å²) >= 11 is 6.02. The number of aromatic hydroxyl groups is 1. The van der Waals surface area contributed by atoms with E-state index in [1.165, 1.54) is 30.5 Å². The Morgan fingerprint density at radius 2 is 2.00 bits per heavy atom. The van der Waals surface area contributed by atoms with E-state index in [1.807, 2.05) is 0 Å². The fraction of sp³-hybridized carbons (Fsp3) is 0.273. The highest BCUT2D eigenvalue weighted by molar-refractivity contribution is 6.32. The minimum atomic E-state index is -5.02. The molecule has 0 radical (unpaired) electrons. The second kappa shape index (κ2) is 7.60. The first kappa shape index (κ1) is 22.3. The van der Waals surface area contributed by atoms with Crippen LogP contribution in [-0.4, -0.2) is 32.0 Å². The Bertz CT molecular complexity index is 1260. The molecule has 2 aromatic carbocycles. The first-order valence-corrected chi connectivity index (χ1v) is 9.99. The van der Waals surface area contributed by atoms with Crippen LogP contribution in [-0.2, 0) is 0 Å². The number of allylic oxidation sites excluding steroid dienone is 1. The third-order valence-corrected chi connectivity index (χ3v) is 5.98. The summed E-state index contributed by atoms with van der Waals surface area (Å²) in [7, 11) is 0. The third kappa shape index (κ3) is 3.45. The fourth-order valence-electron chi connectivity index (χ4n) is 4.01. The summed E-state index contributed by atoms with van der Waals surface area (Å²) in [5.41, 5.74) is -2.61. The van der Waals surface area contributed by atoms with Crippen molar-refractivity contribution in [1.82, 2.24) is 9.97 Å². The zero-order valence-electron chi connectivity index (χ0n) is 16.9. The predicted molar refractivity (Wildman–Crippen MR) is 113 cm³/mol. The monoisotopic (exact) mass is 467 g/mol. The van der Waals surface area contributed by atoms with Crippen LogP contribution in [0.5, 0.6) is 5.75 Å². The summed E-state index contributed by atoms with van der Waals surface area (Å²) in [6.45, 7) is 3.11. The summed E-state index contributed by atoms with van der Waals surface area (Å²) in [4.78, 5) is 8.05. The van der Waals surface area contributed by atoms with Gasteiger partial charge in [-0.3, -0.25) is 0 Å². The van der Waals surface area contributed by atoms with Crippen molar-refractivity contribution >= 4 is 33.8 Å². The quantitative estimate of drug-likeness (QED) is 0.422. The number of fused-ring (bicyclic) bond motifs is 2. The topological polar surface area (TPSA) is 78.3 Å².